The third-order valence-electron chi connectivity index (χ3n) is 3.23. The quantitative estimate of drug-likeness (QED) is 0.636. The van der Waals surface area contributed by atoms with Crippen molar-refractivity contribution in [2.75, 3.05) is 12.4 Å². The van der Waals surface area contributed by atoms with Crippen molar-refractivity contribution in [3.05, 3.63) is 28.2 Å². The van der Waals surface area contributed by atoms with Gasteiger partial charge >= 0.3 is 0 Å². The Hall–Kier alpha value is -1.47. The van der Waals surface area contributed by atoms with Crippen LogP contribution < -0.4 is 11.1 Å². The molecular formula is C13H14BrN3O2S. The number of amides is 2. The molecule has 20 heavy (non-hydrogen) atoms. The molecule has 3 N–H and O–H groups in total. The maximum Gasteiger partial charge on any atom is 0.251 e. The number of halogens is 1. The molecule has 1 heterocycles. The zero-order chi connectivity index (χ0) is 14.9. The summed E-state index contributed by atoms with van der Waals surface area (Å²) < 4.78 is 0.766. The Morgan fingerprint density at radius 1 is 1.50 bits per heavy atom. The molecule has 1 saturated heterocycles. The van der Waals surface area contributed by atoms with E-state index in [4.69, 9.17) is 18.0 Å². The number of nitrogens with one attached hydrogen (secondary N) is 1. The van der Waals surface area contributed by atoms with E-state index in [1.165, 1.54) is 11.9 Å². The fourth-order valence-electron chi connectivity index (χ4n) is 2.06. The molecule has 0 aliphatic carbocycles. The molecule has 106 valence electrons. The molecule has 1 atom stereocenters. The Balaban J connectivity index is 2.14. The zero-order valence-electron chi connectivity index (χ0n) is 10.9. The minimum atomic E-state index is -0.389. The summed E-state index contributed by atoms with van der Waals surface area (Å²) in [5.41, 5.74) is 7.11. The molecule has 1 fully saturated rings. The van der Waals surface area contributed by atoms with Gasteiger partial charge in [0.05, 0.1) is 0 Å². The fourth-order valence-corrected chi connectivity index (χ4v) is 2.96. The van der Waals surface area contributed by atoms with Crippen LogP contribution in [-0.4, -0.2) is 34.8 Å². The van der Waals surface area contributed by atoms with Gasteiger partial charge in [-0.25, -0.2) is 0 Å². The fraction of sp³-hybridized carbons (Fsp3) is 0.308. The number of hydrogen-bond acceptors (Lipinski definition) is 4. The first-order valence-electron chi connectivity index (χ1n) is 6.06. The normalized spacial score (nSPS) is 19.1. The van der Waals surface area contributed by atoms with Gasteiger partial charge < -0.3 is 11.1 Å². The summed E-state index contributed by atoms with van der Waals surface area (Å²) in [5.74, 6) is -0.353. The number of likely N-dealkylation sites (tertiary alicyclic amines) is 1. The van der Waals surface area contributed by atoms with Gasteiger partial charge in [0.1, 0.15) is 11.0 Å². The van der Waals surface area contributed by atoms with Crippen molar-refractivity contribution in [2.45, 2.75) is 18.9 Å². The summed E-state index contributed by atoms with van der Waals surface area (Å²) in [6.07, 6.45) is 0.864. The van der Waals surface area contributed by atoms with Gasteiger partial charge in [0.2, 0.25) is 5.91 Å². The van der Waals surface area contributed by atoms with Gasteiger partial charge in [0.25, 0.3) is 5.91 Å². The number of imide groups is 1. The number of thiocarbonyl (C=S) groups is 1. The van der Waals surface area contributed by atoms with E-state index in [2.05, 4.69) is 21.2 Å². The van der Waals surface area contributed by atoms with Crippen molar-refractivity contribution in [2.24, 2.45) is 5.73 Å². The van der Waals surface area contributed by atoms with Gasteiger partial charge in [0.15, 0.2) is 0 Å². The van der Waals surface area contributed by atoms with Crippen LogP contribution in [0.3, 0.4) is 0 Å². The summed E-state index contributed by atoms with van der Waals surface area (Å²) >= 11 is 8.32. The minimum Gasteiger partial charge on any atom is -0.389 e. The van der Waals surface area contributed by atoms with Crippen LogP contribution in [-0.2, 0) is 9.59 Å². The van der Waals surface area contributed by atoms with Crippen LogP contribution in [0.1, 0.15) is 18.4 Å². The molecule has 0 radical (unpaired) electrons. The van der Waals surface area contributed by atoms with Crippen LogP contribution in [0.15, 0.2) is 22.7 Å². The highest BCUT2D eigenvalue weighted by molar-refractivity contribution is 9.10. The molecule has 2 rings (SSSR count). The van der Waals surface area contributed by atoms with E-state index in [0.717, 1.165) is 15.7 Å². The van der Waals surface area contributed by atoms with Gasteiger partial charge in [-0.1, -0.05) is 12.2 Å². The number of nitrogens with zero attached hydrogens (tertiary/aromatic N) is 1. The molecule has 1 unspecified atom stereocenters. The number of anilines is 1. The SMILES string of the molecule is CN1C(=O)CCC(Nc2ccc(C(N)=S)c(Br)c2)C1=O. The maximum atomic E-state index is 12.0. The second kappa shape index (κ2) is 5.88. The summed E-state index contributed by atoms with van der Waals surface area (Å²) in [5, 5.41) is 3.13. The van der Waals surface area contributed by atoms with Gasteiger partial charge in [-0.3, -0.25) is 14.5 Å². The van der Waals surface area contributed by atoms with Crippen molar-refractivity contribution in [3.8, 4) is 0 Å². The van der Waals surface area contributed by atoms with E-state index in [1.54, 1.807) is 6.07 Å². The van der Waals surface area contributed by atoms with Crippen LogP contribution in [0.4, 0.5) is 5.69 Å². The maximum absolute atomic E-state index is 12.0. The number of nitrogens with two attached hydrogens (primary N) is 1. The Morgan fingerprint density at radius 3 is 2.80 bits per heavy atom. The number of hydrogen-bond donors (Lipinski definition) is 2. The topological polar surface area (TPSA) is 75.4 Å². The van der Waals surface area contributed by atoms with Gasteiger partial charge in [-0.05, 0) is 40.5 Å². The number of carbonyl (C=O) groups excluding carboxylic acids is 2. The Bertz CT molecular complexity index is 591. The van der Waals surface area contributed by atoms with Crippen LogP contribution in [0.25, 0.3) is 0 Å². The molecular weight excluding hydrogens is 342 g/mol. The van der Waals surface area contributed by atoms with Crippen LogP contribution in [0.2, 0.25) is 0 Å². The molecule has 7 heteroatoms. The predicted octanol–water partition coefficient (Wildman–Crippen LogP) is 1.64. The smallest absolute Gasteiger partial charge is 0.251 e. The van der Waals surface area contributed by atoms with Crippen molar-refractivity contribution < 1.29 is 9.59 Å². The molecule has 1 aliphatic heterocycles. The van der Waals surface area contributed by atoms with Gasteiger partial charge in [-0.2, -0.15) is 0 Å². The number of carbonyl (C=O) groups is 2. The summed E-state index contributed by atoms with van der Waals surface area (Å²) in [7, 11) is 1.50. The molecule has 1 aliphatic rings. The van der Waals surface area contributed by atoms with E-state index in [1.807, 2.05) is 12.1 Å². The monoisotopic (exact) mass is 355 g/mol. The molecule has 0 bridgehead atoms. The molecule has 2 amide bonds. The number of piperidine rings is 1. The summed E-state index contributed by atoms with van der Waals surface area (Å²) in [6, 6.07) is 5.03. The second-order valence-corrected chi connectivity index (χ2v) is 5.88. The lowest BCUT2D eigenvalue weighted by Crippen LogP contribution is -2.48. The van der Waals surface area contributed by atoms with Crippen molar-refractivity contribution in [1.29, 1.82) is 0 Å². The average molecular weight is 356 g/mol. The second-order valence-electron chi connectivity index (χ2n) is 4.59. The Kier molecular flexibility index (Phi) is 4.39. The molecule has 1 aromatic rings. The molecule has 0 saturated carbocycles. The highest BCUT2D eigenvalue weighted by Crippen LogP contribution is 2.24. The van der Waals surface area contributed by atoms with Crippen LogP contribution in [0, 0.1) is 0 Å². The molecule has 5 nitrogen and oxygen atoms in total. The average Bonchev–Trinajstić information content (AvgIpc) is 2.39. The minimum absolute atomic E-state index is 0.141. The van der Waals surface area contributed by atoms with Crippen molar-refractivity contribution in [1.82, 2.24) is 4.90 Å². The molecule has 0 spiro atoms. The van der Waals surface area contributed by atoms with E-state index in [-0.39, 0.29) is 17.9 Å². The number of likely N-dealkylation sites (N-methyl/N-ethyl adjacent to an activating group) is 1. The first-order chi connectivity index (χ1) is 9.40. The van der Waals surface area contributed by atoms with Gasteiger partial charge in [0, 0.05) is 29.2 Å². The van der Waals surface area contributed by atoms with Crippen molar-refractivity contribution in [3.63, 3.8) is 0 Å². The molecule has 1 aromatic carbocycles. The predicted molar refractivity (Wildman–Crippen MR) is 84.5 cm³/mol. The standard InChI is InChI=1S/C13H14BrN3O2S/c1-17-11(18)5-4-10(13(17)19)16-7-2-3-8(12(15)20)9(14)6-7/h2-3,6,10,16H,4-5H2,1H3,(H2,15,20). The largest absolute Gasteiger partial charge is 0.389 e. The lowest BCUT2D eigenvalue weighted by atomic mass is 10.0. The van der Waals surface area contributed by atoms with Crippen LogP contribution in [0.5, 0.6) is 0 Å². The highest BCUT2D eigenvalue weighted by Gasteiger charge is 2.31. The Labute approximate surface area is 130 Å². The first-order valence-corrected chi connectivity index (χ1v) is 7.26. The summed E-state index contributed by atoms with van der Waals surface area (Å²) in [4.78, 5) is 24.9. The molecule has 0 aromatic heterocycles. The van der Waals surface area contributed by atoms with E-state index in [0.29, 0.717) is 17.8 Å². The lowest BCUT2D eigenvalue weighted by Gasteiger charge is -2.28. The third-order valence-corrected chi connectivity index (χ3v) is 4.10. The van der Waals surface area contributed by atoms with Crippen molar-refractivity contribution >= 4 is 50.6 Å². The number of rotatable bonds is 3. The van der Waals surface area contributed by atoms with E-state index < -0.39 is 0 Å². The Morgan fingerprint density at radius 2 is 2.20 bits per heavy atom. The van der Waals surface area contributed by atoms with E-state index >= 15 is 0 Å². The van der Waals surface area contributed by atoms with Gasteiger partial charge in [-0.15, -0.1) is 0 Å². The first kappa shape index (κ1) is 14.9. The zero-order valence-corrected chi connectivity index (χ0v) is 13.3. The third kappa shape index (κ3) is 2.99. The lowest BCUT2D eigenvalue weighted by molar-refractivity contribution is -0.146. The van der Waals surface area contributed by atoms with Crippen LogP contribution >= 0.6 is 28.1 Å². The highest BCUT2D eigenvalue weighted by atomic mass is 79.9. The number of benzene rings is 1. The van der Waals surface area contributed by atoms with E-state index in [9.17, 15) is 9.59 Å². The summed E-state index contributed by atoms with van der Waals surface area (Å²) in [6.45, 7) is 0.